The molecule has 1 aromatic heterocycles. The van der Waals surface area contributed by atoms with Crippen molar-refractivity contribution in [2.24, 2.45) is 0 Å². The van der Waals surface area contributed by atoms with E-state index in [9.17, 15) is 0 Å². The van der Waals surface area contributed by atoms with Crippen LogP contribution in [0.1, 0.15) is 6.42 Å². The Labute approximate surface area is 115 Å². The summed E-state index contributed by atoms with van der Waals surface area (Å²) in [6, 6.07) is 8.34. The molecule has 0 radical (unpaired) electrons. The van der Waals surface area contributed by atoms with Gasteiger partial charge in [0.2, 0.25) is 0 Å². The first-order valence-corrected chi connectivity index (χ1v) is 6.65. The summed E-state index contributed by atoms with van der Waals surface area (Å²) >= 11 is 2.35. The topological polar surface area (TPSA) is 27.1 Å². The van der Waals surface area contributed by atoms with E-state index >= 15 is 0 Å². The standard InChI is InChI=1S/C13H15IN2O/c1-17-8-4-7-16-10-11(9-15-16)12-5-2-3-6-13(12)14/h2-3,5-6,9-10H,4,7-8H2,1H3. The van der Waals surface area contributed by atoms with Crippen LogP contribution in [0.25, 0.3) is 11.1 Å². The quantitative estimate of drug-likeness (QED) is 0.616. The molecule has 3 nitrogen and oxygen atoms in total. The maximum atomic E-state index is 5.03. The maximum Gasteiger partial charge on any atom is 0.0568 e. The van der Waals surface area contributed by atoms with Gasteiger partial charge in [-0.25, -0.2) is 0 Å². The molecule has 90 valence electrons. The average Bonchev–Trinajstić information content (AvgIpc) is 2.79. The molecule has 4 heteroatoms. The van der Waals surface area contributed by atoms with Crippen LogP contribution in [0.15, 0.2) is 36.7 Å². The fraction of sp³-hybridized carbons (Fsp3) is 0.308. The summed E-state index contributed by atoms with van der Waals surface area (Å²) in [4.78, 5) is 0. The van der Waals surface area contributed by atoms with Crippen LogP contribution in [0.3, 0.4) is 0 Å². The van der Waals surface area contributed by atoms with Crippen molar-refractivity contribution >= 4 is 22.6 Å². The van der Waals surface area contributed by atoms with Crippen LogP contribution in [0.2, 0.25) is 0 Å². The van der Waals surface area contributed by atoms with Crippen molar-refractivity contribution in [1.29, 1.82) is 0 Å². The van der Waals surface area contributed by atoms with E-state index < -0.39 is 0 Å². The predicted octanol–water partition coefficient (Wildman–Crippen LogP) is 3.19. The summed E-state index contributed by atoms with van der Waals surface area (Å²) in [5.41, 5.74) is 2.42. The Morgan fingerprint density at radius 2 is 2.18 bits per heavy atom. The van der Waals surface area contributed by atoms with Crippen LogP contribution in [0.5, 0.6) is 0 Å². The number of methoxy groups -OCH3 is 1. The number of ether oxygens (including phenoxy) is 1. The van der Waals surface area contributed by atoms with E-state index in [0.29, 0.717) is 0 Å². The van der Waals surface area contributed by atoms with E-state index in [2.05, 4.69) is 52.1 Å². The number of aryl methyl sites for hydroxylation is 1. The van der Waals surface area contributed by atoms with Crippen molar-refractivity contribution in [3.8, 4) is 11.1 Å². The third-order valence-corrected chi connectivity index (χ3v) is 3.49. The Bertz CT molecular complexity index is 482. The van der Waals surface area contributed by atoms with Gasteiger partial charge in [-0.05, 0) is 40.6 Å². The molecule has 0 aliphatic heterocycles. The molecule has 0 unspecified atom stereocenters. The van der Waals surface area contributed by atoms with E-state index in [-0.39, 0.29) is 0 Å². The zero-order valence-electron chi connectivity index (χ0n) is 9.77. The lowest BCUT2D eigenvalue weighted by molar-refractivity contribution is 0.189. The van der Waals surface area contributed by atoms with E-state index in [0.717, 1.165) is 19.6 Å². The second kappa shape index (κ2) is 6.16. The molecule has 1 heterocycles. The fourth-order valence-electron chi connectivity index (χ4n) is 1.69. The normalized spacial score (nSPS) is 10.7. The molecule has 0 aliphatic carbocycles. The van der Waals surface area contributed by atoms with E-state index in [1.54, 1.807) is 7.11 Å². The number of hydrogen-bond donors (Lipinski definition) is 0. The highest BCUT2D eigenvalue weighted by molar-refractivity contribution is 14.1. The molecule has 0 bridgehead atoms. The summed E-state index contributed by atoms with van der Waals surface area (Å²) in [5.74, 6) is 0. The van der Waals surface area contributed by atoms with Gasteiger partial charge >= 0.3 is 0 Å². The van der Waals surface area contributed by atoms with Crippen LogP contribution in [-0.2, 0) is 11.3 Å². The van der Waals surface area contributed by atoms with Gasteiger partial charge in [0, 0.05) is 35.6 Å². The Morgan fingerprint density at radius 1 is 1.35 bits per heavy atom. The van der Waals surface area contributed by atoms with Crippen molar-refractivity contribution in [1.82, 2.24) is 9.78 Å². The first kappa shape index (κ1) is 12.6. The van der Waals surface area contributed by atoms with Crippen LogP contribution >= 0.6 is 22.6 Å². The Hall–Kier alpha value is -0.880. The van der Waals surface area contributed by atoms with Gasteiger partial charge in [-0.1, -0.05) is 18.2 Å². The lowest BCUT2D eigenvalue weighted by Crippen LogP contribution is -2.01. The van der Waals surface area contributed by atoms with Gasteiger partial charge in [0.1, 0.15) is 0 Å². The first-order chi connectivity index (χ1) is 8.31. The van der Waals surface area contributed by atoms with Gasteiger partial charge in [0.05, 0.1) is 6.20 Å². The van der Waals surface area contributed by atoms with Gasteiger partial charge in [-0.2, -0.15) is 5.10 Å². The fourth-order valence-corrected chi connectivity index (χ4v) is 2.39. The van der Waals surface area contributed by atoms with Gasteiger partial charge in [0.15, 0.2) is 0 Å². The average molecular weight is 342 g/mol. The van der Waals surface area contributed by atoms with Crippen LogP contribution in [-0.4, -0.2) is 23.5 Å². The molecule has 0 saturated carbocycles. The van der Waals surface area contributed by atoms with E-state index in [4.69, 9.17) is 4.74 Å². The molecule has 0 N–H and O–H groups in total. The van der Waals surface area contributed by atoms with Crippen LogP contribution < -0.4 is 0 Å². The summed E-state index contributed by atoms with van der Waals surface area (Å²) < 4.78 is 8.25. The Kier molecular flexibility index (Phi) is 4.56. The van der Waals surface area contributed by atoms with Gasteiger partial charge in [-0.3, -0.25) is 4.68 Å². The lowest BCUT2D eigenvalue weighted by atomic mass is 10.1. The first-order valence-electron chi connectivity index (χ1n) is 5.57. The lowest BCUT2D eigenvalue weighted by Gasteiger charge is -2.01. The minimum atomic E-state index is 0.776. The van der Waals surface area contributed by atoms with E-state index in [1.807, 2.05) is 16.9 Å². The summed E-state index contributed by atoms with van der Waals surface area (Å²) in [6.45, 7) is 1.68. The van der Waals surface area contributed by atoms with Gasteiger partial charge in [0.25, 0.3) is 0 Å². The van der Waals surface area contributed by atoms with Crippen molar-refractivity contribution in [3.05, 3.63) is 40.2 Å². The minimum Gasteiger partial charge on any atom is -0.385 e. The highest BCUT2D eigenvalue weighted by atomic mass is 127. The molecule has 0 saturated heterocycles. The maximum absolute atomic E-state index is 5.03. The van der Waals surface area contributed by atoms with Crippen molar-refractivity contribution in [2.45, 2.75) is 13.0 Å². The van der Waals surface area contributed by atoms with Gasteiger partial charge in [-0.15, -0.1) is 0 Å². The monoisotopic (exact) mass is 342 g/mol. The largest absolute Gasteiger partial charge is 0.385 e. The SMILES string of the molecule is COCCCn1cc(-c2ccccc2I)cn1. The third kappa shape index (κ3) is 3.29. The smallest absolute Gasteiger partial charge is 0.0568 e. The van der Waals surface area contributed by atoms with Crippen molar-refractivity contribution < 1.29 is 4.74 Å². The number of benzene rings is 1. The number of hydrogen-bond acceptors (Lipinski definition) is 2. The summed E-state index contributed by atoms with van der Waals surface area (Å²) in [7, 11) is 1.72. The number of nitrogens with zero attached hydrogens (tertiary/aromatic N) is 2. The second-order valence-electron chi connectivity index (χ2n) is 3.82. The molecule has 0 fully saturated rings. The molecule has 0 spiro atoms. The highest BCUT2D eigenvalue weighted by Gasteiger charge is 2.04. The highest BCUT2D eigenvalue weighted by Crippen LogP contribution is 2.24. The Balaban J connectivity index is 2.10. The zero-order chi connectivity index (χ0) is 12.1. The van der Waals surface area contributed by atoms with Crippen LogP contribution in [0.4, 0.5) is 0 Å². The number of halogens is 1. The molecular weight excluding hydrogens is 327 g/mol. The number of aromatic nitrogens is 2. The minimum absolute atomic E-state index is 0.776. The predicted molar refractivity (Wildman–Crippen MR) is 76.9 cm³/mol. The third-order valence-electron chi connectivity index (χ3n) is 2.55. The molecule has 2 aromatic rings. The molecule has 2 rings (SSSR count). The molecule has 0 aliphatic rings. The molecule has 0 amide bonds. The molecular formula is C13H15IN2O. The van der Waals surface area contributed by atoms with Crippen LogP contribution in [0, 0.1) is 3.57 Å². The number of rotatable bonds is 5. The summed E-state index contributed by atoms with van der Waals surface area (Å²) in [6.07, 6.45) is 5.00. The zero-order valence-corrected chi connectivity index (χ0v) is 11.9. The summed E-state index contributed by atoms with van der Waals surface area (Å²) in [5, 5.41) is 4.36. The van der Waals surface area contributed by atoms with Gasteiger partial charge < -0.3 is 4.74 Å². The van der Waals surface area contributed by atoms with Crippen molar-refractivity contribution in [2.75, 3.05) is 13.7 Å². The molecule has 1 aromatic carbocycles. The molecule has 0 atom stereocenters. The van der Waals surface area contributed by atoms with Crippen molar-refractivity contribution in [3.63, 3.8) is 0 Å². The Morgan fingerprint density at radius 3 is 2.94 bits per heavy atom. The van der Waals surface area contributed by atoms with E-state index in [1.165, 1.54) is 14.7 Å². The second-order valence-corrected chi connectivity index (χ2v) is 4.98. The molecule has 17 heavy (non-hydrogen) atoms.